The topological polar surface area (TPSA) is 20.2 Å². The van der Waals surface area contributed by atoms with Crippen molar-refractivity contribution in [2.45, 2.75) is 19.3 Å². The number of benzene rings is 2. The van der Waals surface area contributed by atoms with Gasteiger partial charge in [-0.25, -0.2) is 0 Å². The Hall–Kier alpha value is -1.60. The first-order valence-electron chi connectivity index (χ1n) is 5.96. The molecule has 0 aliphatic rings. The Morgan fingerprint density at radius 2 is 1.12 bits per heavy atom. The standard InChI is InChI=1S/C15H16.CH4O/c1-2-15(13-9-5-3-6-10-13)14-11-7-4-8-12-14;1-2/h3-12,15H,2H2,1H3;2H,1H3. The molecule has 0 saturated heterocycles. The third kappa shape index (κ3) is 3.72. The van der Waals surface area contributed by atoms with Crippen molar-refractivity contribution in [2.24, 2.45) is 0 Å². The molecule has 0 aromatic heterocycles. The quantitative estimate of drug-likeness (QED) is 0.846. The van der Waals surface area contributed by atoms with E-state index in [0.29, 0.717) is 5.92 Å². The molecule has 1 nitrogen and oxygen atoms in total. The summed E-state index contributed by atoms with van der Waals surface area (Å²) in [5, 5.41) is 7.00. The molecule has 0 amide bonds. The molecule has 1 heteroatoms. The second-order valence-electron chi connectivity index (χ2n) is 3.78. The summed E-state index contributed by atoms with van der Waals surface area (Å²) in [6, 6.07) is 21.4. The summed E-state index contributed by atoms with van der Waals surface area (Å²) < 4.78 is 0. The van der Waals surface area contributed by atoms with Gasteiger partial charge in [0.15, 0.2) is 0 Å². The number of rotatable bonds is 3. The lowest BCUT2D eigenvalue weighted by Gasteiger charge is -2.15. The van der Waals surface area contributed by atoms with Crippen LogP contribution in [-0.4, -0.2) is 12.2 Å². The SMILES string of the molecule is CCC(c1ccccc1)c1ccccc1.CO. The predicted molar refractivity (Wildman–Crippen MR) is 73.2 cm³/mol. The largest absolute Gasteiger partial charge is 0.400 e. The van der Waals surface area contributed by atoms with Crippen LogP contribution in [0.1, 0.15) is 30.4 Å². The molecule has 0 heterocycles. The van der Waals surface area contributed by atoms with Crippen molar-refractivity contribution in [3.8, 4) is 0 Å². The van der Waals surface area contributed by atoms with Crippen LogP contribution in [0.25, 0.3) is 0 Å². The van der Waals surface area contributed by atoms with Crippen molar-refractivity contribution in [1.82, 2.24) is 0 Å². The highest BCUT2D eigenvalue weighted by Crippen LogP contribution is 2.26. The Morgan fingerprint density at radius 3 is 1.41 bits per heavy atom. The molecule has 0 spiro atoms. The van der Waals surface area contributed by atoms with Gasteiger partial charge in [0.1, 0.15) is 0 Å². The first-order chi connectivity index (χ1) is 8.42. The molecular formula is C16H20O. The van der Waals surface area contributed by atoms with Crippen LogP contribution < -0.4 is 0 Å². The van der Waals surface area contributed by atoms with Crippen LogP contribution in [0.5, 0.6) is 0 Å². The maximum atomic E-state index is 7.00. The van der Waals surface area contributed by atoms with E-state index in [4.69, 9.17) is 5.11 Å². The summed E-state index contributed by atoms with van der Waals surface area (Å²) in [5.74, 6) is 0.535. The first kappa shape index (κ1) is 13.5. The molecule has 2 rings (SSSR count). The molecule has 0 radical (unpaired) electrons. The maximum Gasteiger partial charge on any atom is 0.0319 e. The Kier molecular flexibility index (Phi) is 6.05. The van der Waals surface area contributed by atoms with Crippen LogP contribution in [0.15, 0.2) is 60.7 Å². The molecule has 2 aromatic rings. The molecule has 90 valence electrons. The minimum atomic E-state index is 0.535. The minimum Gasteiger partial charge on any atom is -0.400 e. The molecule has 0 saturated carbocycles. The van der Waals surface area contributed by atoms with Crippen molar-refractivity contribution in [2.75, 3.05) is 7.11 Å². The number of hydrogen-bond donors (Lipinski definition) is 1. The van der Waals surface area contributed by atoms with Gasteiger partial charge in [-0.05, 0) is 17.5 Å². The van der Waals surface area contributed by atoms with Gasteiger partial charge in [-0.2, -0.15) is 0 Å². The smallest absolute Gasteiger partial charge is 0.0319 e. The molecule has 0 fully saturated rings. The van der Waals surface area contributed by atoms with Crippen LogP contribution in [0.2, 0.25) is 0 Å². The zero-order chi connectivity index (χ0) is 12.5. The number of aliphatic hydroxyl groups is 1. The van der Waals surface area contributed by atoms with Gasteiger partial charge in [0.25, 0.3) is 0 Å². The molecule has 1 N–H and O–H groups in total. The van der Waals surface area contributed by atoms with Crippen molar-refractivity contribution in [3.63, 3.8) is 0 Å². The van der Waals surface area contributed by atoms with E-state index >= 15 is 0 Å². The van der Waals surface area contributed by atoms with Crippen molar-refractivity contribution < 1.29 is 5.11 Å². The van der Waals surface area contributed by atoms with Crippen molar-refractivity contribution in [1.29, 1.82) is 0 Å². The highest BCUT2D eigenvalue weighted by Gasteiger charge is 2.10. The summed E-state index contributed by atoms with van der Waals surface area (Å²) in [5.41, 5.74) is 2.82. The summed E-state index contributed by atoms with van der Waals surface area (Å²) >= 11 is 0. The van der Waals surface area contributed by atoms with Crippen LogP contribution in [0, 0.1) is 0 Å². The summed E-state index contributed by atoms with van der Waals surface area (Å²) in [7, 11) is 1.00. The highest BCUT2D eigenvalue weighted by molar-refractivity contribution is 5.31. The van der Waals surface area contributed by atoms with Gasteiger partial charge in [0.05, 0.1) is 0 Å². The van der Waals surface area contributed by atoms with E-state index in [9.17, 15) is 0 Å². The minimum absolute atomic E-state index is 0.535. The van der Waals surface area contributed by atoms with Gasteiger partial charge >= 0.3 is 0 Å². The lowest BCUT2D eigenvalue weighted by Crippen LogP contribution is -1.98. The fraction of sp³-hybridized carbons (Fsp3) is 0.250. The Balaban J connectivity index is 0.000000686. The third-order valence-corrected chi connectivity index (χ3v) is 2.81. The van der Waals surface area contributed by atoms with Gasteiger partial charge in [0, 0.05) is 13.0 Å². The molecule has 0 bridgehead atoms. The molecule has 17 heavy (non-hydrogen) atoms. The van der Waals surface area contributed by atoms with Gasteiger partial charge in [-0.1, -0.05) is 67.6 Å². The number of hydrogen-bond acceptors (Lipinski definition) is 1. The van der Waals surface area contributed by atoms with E-state index in [1.165, 1.54) is 11.1 Å². The first-order valence-corrected chi connectivity index (χ1v) is 5.96. The summed E-state index contributed by atoms with van der Waals surface area (Å²) in [6.07, 6.45) is 1.15. The molecule has 0 aliphatic carbocycles. The Morgan fingerprint density at radius 1 is 0.765 bits per heavy atom. The highest BCUT2D eigenvalue weighted by atomic mass is 16.2. The second-order valence-corrected chi connectivity index (χ2v) is 3.78. The molecule has 0 aliphatic heterocycles. The lowest BCUT2D eigenvalue weighted by atomic mass is 9.89. The van der Waals surface area contributed by atoms with E-state index in [2.05, 4.69) is 67.6 Å². The molecule has 0 atom stereocenters. The van der Waals surface area contributed by atoms with Gasteiger partial charge in [-0.15, -0.1) is 0 Å². The average Bonchev–Trinajstić information content (AvgIpc) is 2.44. The van der Waals surface area contributed by atoms with Gasteiger partial charge in [0.2, 0.25) is 0 Å². The van der Waals surface area contributed by atoms with Crippen LogP contribution >= 0.6 is 0 Å². The fourth-order valence-electron chi connectivity index (χ4n) is 2.03. The Bertz CT molecular complexity index is 355. The lowest BCUT2D eigenvalue weighted by molar-refractivity contribution is 0.399. The van der Waals surface area contributed by atoms with Crippen molar-refractivity contribution in [3.05, 3.63) is 71.8 Å². The zero-order valence-electron chi connectivity index (χ0n) is 10.5. The van der Waals surface area contributed by atoms with E-state index in [1.54, 1.807) is 0 Å². The van der Waals surface area contributed by atoms with Crippen molar-refractivity contribution >= 4 is 0 Å². The van der Waals surface area contributed by atoms with E-state index in [-0.39, 0.29) is 0 Å². The van der Waals surface area contributed by atoms with Gasteiger partial charge in [-0.3, -0.25) is 0 Å². The summed E-state index contributed by atoms with van der Waals surface area (Å²) in [6.45, 7) is 2.24. The van der Waals surface area contributed by atoms with Crippen LogP contribution in [-0.2, 0) is 0 Å². The maximum absolute atomic E-state index is 7.00. The monoisotopic (exact) mass is 228 g/mol. The average molecular weight is 228 g/mol. The fourth-order valence-corrected chi connectivity index (χ4v) is 2.03. The van der Waals surface area contributed by atoms with Gasteiger partial charge < -0.3 is 5.11 Å². The Labute approximate surface area is 104 Å². The molecule has 0 unspecified atom stereocenters. The normalized spacial score (nSPS) is 9.65. The van der Waals surface area contributed by atoms with E-state index in [0.717, 1.165) is 13.5 Å². The van der Waals surface area contributed by atoms with Crippen LogP contribution in [0.4, 0.5) is 0 Å². The van der Waals surface area contributed by atoms with Crippen LogP contribution in [0.3, 0.4) is 0 Å². The molecule has 2 aromatic carbocycles. The molecular weight excluding hydrogens is 208 g/mol. The summed E-state index contributed by atoms with van der Waals surface area (Å²) in [4.78, 5) is 0. The van der Waals surface area contributed by atoms with E-state index in [1.807, 2.05) is 0 Å². The van der Waals surface area contributed by atoms with E-state index < -0.39 is 0 Å². The number of aliphatic hydroxyl groups excluding tert-OH is 1. The second kappa shape index (κ2) is 7.64. The predicted octanol–water partition coefficient (Wildman–Crippen LogP) is 3.84. The third-order valence-electron chi connectivity index (χ3n) is 2.81. The zero-order valence-corrected chi connectivity index (χ0v) is 10.5.